The van der Waals surface area contributed by atoms with Crippen LogP contribution in [0.4, 0.5) is 0 Å². The predicted octanol–water partition coefficient (Wildman–Crippen LogP) is 5.14. The van der Waals surface area contributed by atoms with Crippen molar-refractivity contribution in [3.05, 3.63) is 88.9 Å². The molecule has 0 bridgehead atoms. The Morgan fingerprint density at radius 2 is 1.96 bits per heavy atom. The first-order valence-electron chi connectivity index (χ1n) is 8.71. The Hall–Kier alpha value is -2.96. The maximum atomic E-state index is 12.6. The Morgan fingerprint density at radius 1 is 1.18 bits per heavy atom. The molecule has 0 saturated heterocycles. The number of amides is 1. The van der Waals surface area contributed by atoms with Gasteiger partial charge in [-0.2, -0.15) is 0 Å². The summed E-state index contributed by atoms with van der Waals surface area (Å²) in [5.74, 6) is -0.151. The van der Waals surface area contributed by atoms with Crippen LogP contribution in [-0.4, -0.2) is 20.4 Å². The third-order valence-electron chi connectivity index (χ3n) is 4.38. The van der Waals surface area contributed by atoms with E-state index in [1.807, 2.05) is 66.2 Å². The second kappa shape index (κ2) is 7.96. The van der Waals surface area contributed by atoms with Gasteiger partial charge in [0.15, 0.2) is 0 Å². The number of rotatable bonds is 5. The van der Waals surface area contributed by atoms with Crippen LogP contribution >= 0.6 is 22.9 Å². The molecule has 0 spiro atoms. The lowest BCUT2D eigenvalue weighted by molar-refractivity contribution is 0.0944. The minimum absolute atomic E-state index is 0.129. The molecule has 4 rings (SSSR count). The van der Waals surface area contributed by atoms with Gasteiger partial charge in [-0.3, -0.25) is 4.79 Å². The number of imidazole rings is 1. The van der Waals surface area contributed by atoms with Gasteiger partial charge in [0, 0.05) is 23.6 Å². The van der Waals surface area contributed by atoms with E-state index < -0.39 is 0 Å². The molecule has 0 fully saturated rings. The van der Waals surface area contributed by atoms with Gasteiger partial charge >= 0.3 is 0 Å². The third kappa shape index (κ3) is 3.83. The molecule has 2 aromatic carbocycles. The Kier molecular flexibility index (Phi) is 5.23. The lowest BCUT2D eigenvalue weighted by atomic mass is 10.1. The normalized spacial score (nSPS) is 11.9. The van der Waals surface area contributed by atoms with Gasteiger partial charge < -0.3 is 9.88 Å². The lowest BCUT2D eigenvalue weighted by Gasteiger charge is -2.14. The molecule has 5 nitrogen and oxygen atoms in total. The summed E-state index contributed by atoms with van der Waals surface area (Å²) < 4.78 is 1.93. The zero-order valence-corrected chi connectivity index (χ0v) is 16.6. The van der Waals surface area contributed by atoms with Crippen molar-refractivity contribution in [1.82, 2.24) is 19.9 Å². The first-order chi connectivity index (χ1) is 13.6. The first kappa shape index (κ1) is 18.4. The average Bonchev–Trinajstić information content (AvgIpc) is 3.41. The summed E-state index contributed by atoms with van der Waals surface area (Å²) in [5, 5.41) is 4.38. The van der Waals surface area contributed by atoms with Gasteiger partial charge in [-0.25, -0.2) is 9.97 Å². The van der Waals surface area contributed by atoms with Crippen LogP contribution in [0.25, 0.3) is 16.3 Å². The average molecular weight is 409 g/mol. The van der Waals surface area contributed by atoms with Crippen LogP contribution in [0.2, 0.25) is 5.02 Å². The molecule has 1 N–H and O–H groups in total. The molecule has 1 amide bonds. The standard InChI is InChI=1S/C21H17ClN4OS/c1-14(15-6-8-16(9-7-15)26-11-10-23-13-26)25-20(27)19-12-24-21(28-19)17-4-2-3-5-18(17)22/h2-14H,1H3,(H,25,27). The van der Waals surface area contributed by atoms with Gasteiger partial charge in [-0.15, -0.1) is 11.3 Å². The van der Waals surface area contributed by atoms with E-state index in [4.69, 9.17) is 11.6 Å². The number of nitrogens with zero attached hydrogens (tertiary/aromatic N) is 3. The topological polar surface area (TPSA) is 59.8 Å². The van der Waals surface area contributed by atoms with E-state index in [-0.39, 0.29) is 11.9 Å². The van der Waals surface area contributed by atoms with E-state index in [1.165, 1.54) is 11.3 Å². The van der Waals surface area contributed by atoms with Crippen molar-refractivity contribution in [2.45, 2.75) is 13.0 Å². The highest BCUT2D eigenvalue weighted by atomic mass is 35.5. The summed E-state index contributed by atoms with van der Waals surface area (Å²) >= 11 is 7.55. The number of benzene rings is 2. The Morgan fingerprint density at radius 3 is 2.68 bits per heavy atom. The number of aromatic nitrogens is 3. The highest BCUT2D eigenvalue weighted by Gasteiger charge is 2.16. The first-order valence-corrected chi connectivity index (χ1v) is 9.91. The fourth-order valence-corrected chi connectivity index (χ4v) is 3.98. The number of nitrogens with one attached hydrogen (secondary N) is 1. The van der Waals surface area contributed by atoms with E-state index in [1.54, 1.807) is 18.7 Å². The molecule has 0 saturated carbocycles. The van der Waals surface area contributed by atoms with Crippen LogP contribution < -0.4 is 5.32 Å². The highest BCUT2D eigenvalue weighted by Crippen LogP contribution is 2.31. The zero-order chi connectivity index (χ0) is 19.5. The smallest absolute Gasteiger partial charge is 0.263 e. The van der Waals surface area contributed by atoms with Crippen LogP contribution in [0.15, 0.2) is 73.4 Å². The molecule has 7 heteroatoms. The summed E-state index contributed by atoms with van der Waals surface area (Å²) in [6.07, 6.45) is 6.97. The van der Waals surface area contributed by atoms with Crippen LogP contribution in [0.5, 0.6) is 0 Å². The SMILES string of the molecule is CC(NC(=O)c1cnc(-c2ccccc2Cl)s1)c1ccc(-n2ccnc2)cc1. The Labute approximate surface area is 171 Å². The summed E-state index contributed by atoms with van der Waals surface area (Å²) in [6.45, 7) is 1.96. The largest absolute Gasteiger partial charge is 0.345 e. The summed E-state index contributed by atoms with van der Waals surface area (Å²) in [6, 6.07) is 15.4. The van der Waals surface area contributed by atoms with Crippen LogP contribution in [0.1, 0.15) is 28.2 Å². The molecule has 0 radical (unpaired) electrons. The van der Waals surface area contributed by atoms with E-state index in [9.17, 15) is 4.79 Å². The summed E-state index contributed by atoms with van der Waals surface area (Å²) in [4.78, 5) is 21.6. The summed E-state index contributed by atoms with van der Waals surface area (Å²) in [7, 11) is 0. The van der Waals surface area contributed by atoms with Crippen LogP contribution in [0, 0.1) is 0 Å². The van der Waals surface area contributed by atoms with Crippen molar-refractivity contribution < 1.29 is 4.79 Å². The molecule has 28 heavy (non-hydrogen) atoms. The molecule has 140 valence electrons. The van der Waals surface area contributed by atoms with Gasteiger partial charge in [-0.1, -0.05) is 41.9 Å². The maximum Gasteiger partial charge on any atom is 0.263 e. The van der Waals surface area contributed by atoms with E-state index >= 15 is 0 Å². The second-order valence-corrected chi connectivity index (χ2v) is 7.70. The third-order valence-corrected chi connectivity index (χ3v) is 5.74. The van der Waals surface area contributed by atoms with Gasteiger partial charge in [-0.05, 0) is 30.7 Å². The Bertz CT molecular complexity index is 1090. The predicted molar refractivity (Wildman–Crippen MR) is 112 cm³/mol. The fourth-order valence-electron chi connectivity index (χ4n) is 2.84. The number of carbonyl (C=O) groups excluding carboxylic acids is 1. The summed E-state index contributed by atoms with van der Waals surface area (Å²) in [5.41, 5.74) is 2.87. The zero-order valence-electron chi connectivity index (χ0n) is 15.0. The van der Waals surface area contributed by atoms with E-state index in [2.05, 4.69) is 15.3 Å². The van der Waals surface area contributed by atoms with Crippen molar-refractivity contribution in [3.8, 4) is 16.3 Å². The molecule has 0 aliphatic heterocycles. The second-order valence-electron chi connectivity index (χ2n) is 6.27. The van der Waals surface area contributed by atoms with E-state index in [0.29, 0.717) is 9.90 Å². The monoisotopic (exact) mass is 408 g/mol. The van der Waals surface area contributed by atoms with Crippen molar-refractivity contribution in [2.75, 3.05) is 0 Å². The molecule has 0 aliphatic rings. The van der Waals surface area contributed by atoms with Crippen LogP contribution in [-0.2, 0) is 0 Å². The maximum absolute atomic E-state index is 12.6. The Balaban J connectivity index is 1.46. The van der Waals surface area contributed by atoms with E-state index in [0.717, 1.165) is 21.8 Å². The molecule has 4 aromatic rings. The lowest BCUT2D eigenvalue weighted by Crippen LogP contribution is -2.25. The van der Waals surface area contributed by atoms with Crippen molar-refractivity contribution in [2.24, 2.45) is 0 Å². The minimum Gasteiger partial charge on any atom is -0.345 e. The molecule has 2 heterocycles. The van der Waals surface area contributed by atoms with Gasteiger partial charge in [0.25, 0.3) is 5.91 Å². The highest BCUT2D eigenvalue weighted by molar-refractivity contribution is 7.17. The van der Waals surface area contributed by atoms with Crippen molar-refractivity contribution in [1.29, 1.82) is 0 Å². The molecular weight excluding hydrogens is 392 g/mol. The molecular formula is C21H17ClN4OS. The number of carbonyl (C=O) groups is 1. The van der Waals surface area contributed by atoms with Gasteiger partial charge in [0.2, 0.25) is 0 Å². The molecule has 1 unspecified atom stereocenters. The fraction of sp³-hybridized carbons (Fsp3) is 0.0952. The number of thiazole rings is 1. The van der Waals surface area contributed by atoms with Crippen LogP contribution in [0.3, 0.4) is 0 Å². The number of halogens is 1. The quantitative estimate of drug-likeness (QED) is 0.497. The number of hydrogen-bond acceptors (Lipinski definition) is 4. The molecule has 1 atom stereocenters. The van der Waals surface area contributed by atoms with Gasteiger partial charge in [0.1, 0.15) is 9.88 Å². The van der Waals surface area contributed by atoms with Gasteiger partial charge in [0.05, 0.1) is 23.6 Å². The minimum atomic E-state index is -0.151. The van der Waals surface area contributed by atoms with Crippen molar-refractivity contribution in [3.63, 3.8) is 0 Å². The molecule has 0 aliphatic carbocycles. The molecule has 2 aromatic heterocycles. The number of hydrogen-bond donors (Lipinski definition) is 1. The van der Waals surface area contributed by atoms with Crippen molar-refractivity contribution >= 4 is 28.8 Å².